The minimum Gasteiger partial charge on any atom is -0.496 e. The number of amides is 1. The Morgan fingerprint density at radius 1 is 1.42 bits per heavy atom. The molecule has 0 saturated heterocycles. The first-order valence-electron chi connectivity index (χ1n) is 5.89. The second kappa shape index (κ2) is 4.98. The highest BCUT2D eigenvalue weighted by Crippen LogP contribution is 2.44. The van der Waals surface area contributed by atoms with Gasteiger partial charge in [-0.1, -0.05) is 15.9 Å². The summed E-state index contributed by atoms with van der Waals surface area (Å²) in [5.74, 6) is 0.941. The molecule has 19 heavy (non-hydrogen) atoms. The predicted octanol–water partition coefficient (Wildman–Crippen LogP) is 3.99. The van der Waals surface area contributed by atoms with Crippen molar-refractivity contribution in [2.75, 3.05) is 12.4 Å². The van der Waals surface area contributed by atoms with E-state index in [4.69, 9.17) is 4.74 Å². The van der Waals surface area contributed by atoms with E-state index in [0.29, 0.717) is 6.42 Å². The highest BCUT2D eigenvalue weighted by atomic mass is 79.9. The monoisotopic (exact) mass is 337 g/mol. The molecule has 1 aliphatic heterocycles. The molecule has 0 saturated carbocycles. The van der Waals surface area contributed by atoms with Gasteiger partial charge in [-0.25, -0.2) is 0 Å². The van der Waals surface area contributed by atoms with E-state index in [1.54, 1.807) is 18.4 Å². The van der Waals surface area contributed by atoms with Crippen molar-refractivity contribution in [3.8, 4) is 5.75 Å². The van der Waals surface area contributed by atoms with Crippen molar-refractivity contribution in [2.24, 2.45) is 0 Å². The van der Waals surface area contributed by atoms with Crippen LogP contribution in [-0.4, -0.2) is 13.0 Å². The molecular weight excluding hydrogens is 326 g/mol. The van der Waals surface area contributed by atoms with E-state index in [1.807, 2.05) is 29.6 Å². The van der Waals surface area contributed by atoms with Gasteiger partial charge < -0.3 is 10.1 Å². The molecule has 1 aromatic heterocycles. The number of halogens is 1. The molecule has 0 spiro atoms. The van der Waals surface area contributed by atoms with Crippen molar-refractivity contribution < 1.29 is 9.53 Å². The Morgan fingerprint density at radius 2 is 2.26 bits per heavy atom. The molecule has 5 heteroatoms. The number of carbonyl (C=O) groups excluding carboxylic acids is 1. The fourth-order valence-electron chi connectivity index (χ4n) is 2.40. The number of ether oxygens (including phenoxy) is 1. The molecule has 0 aliphatic carbocycles. The summed E-state index contributed by atoms with van der Waals surface area (Å²) >= 11 is 5.16. The summed E-state index contributed by atoms with van der Waals surface area (Å²) in [6.07, 6.45) is 0.459. The van der Waals surface area contributed by atoms with Crippen LogP contribution in [-0.2, 0) is 4.79 Å². The summed E-state index contributed by atoms with van der Waals surface area (Å²) in [4.78, 5) is 13.0. The van der Waals surface area contributed by atoms with Gasteiger partial charge in [0.2, 0.25) is 5.91 Å². The first-order valence-corrected chi connectivity index (χ1v) is 7.57. The van der Waals surface area contributed by atoms with E-state index in [2.05, 4.69) is 21.2 Å². The van der Waals surface area contributed by atoms with Gasteiger partial charge in [-0.15, -0.1) is 11.3 Å². The maximum absolute atomic E-state index is 11.8. The zero-order valence-electron chi connectivity index (χ0n) is 10.3. The molecule has 3 rings (SSSR count). The van der Waals surface area contributed by atoms with Crippen LogP contribution in [0.5, 0.6) is 5.75 Å². The summed E-state index contributed by atoms with van der Waals surface area (Å²) in [6.45, 7) is 0. The second-order valence-corrected chi connectivity index (χ2v) is 6.25. The minimum absolute atomic E-state index is 0.0536. The Bertz CT molecular complexity index is 638. The van der Waals surface area contributed by atoms with E-state index >= 15 is 0 Å². The number of thiophene rings is 1. The van der Waals surface area contributed by atoms with Crippen molar-refractivity contribution in [1.29, 1.82) is 0 Å². The van der Waals surface area contributed by atoms with Gasteiger partial charge in [-0.2, -0.15) is 0 Å². The van der Waals surface area contributed by atoms with Gasteiger partial charge in [0, 0.05) is 27.3 Å². The van der Waals surface area contributed by atoms with Gasteiger partial charge in [0.1, 0.15) is 5.75 Å². The SMILES string of the molecule is COc1ccc(Br)cc1[C@H]1CC(=O)Nc2ccsc21. The molecule has 1 aliphatic rings. The normalized spacial score (nSPS) is 17.8. The lowest BCUT2D eigenvalue weighted by molar-refractivity contribution is -0.116. The Balaban J connectivity index is 2.13. The fraction of sp³-hybridized carbons (Fsp3) is 0.214. The number of carbonyl (C=O) groups is 1. The number of nitrogens with one attached hydrogen (secondary N) is 1. The van der Waals surface area contributed by atoms with Crippen molar-refractivity contribution in [3.05, 3.63) is 44.6 Å². The first kappa shape index (κ1) is 12.7. The highest BCUT2D eigenvalue weighted by Gasteiger charge is 2.29. The van der Waals surface area contributed by atoms with Crippen LogP contribution in [0.3, 0.4) is 0 Å². The van der Waals surface area contributed by atoms with Crippen LogP contribution in [0.15, 0.2) is 34.1 Å². The molecule has 1 aromatic carbocycles. The first-order chi connectivity index (χ1) is 9.19. The summed E-state index contributed by atoms with van der Waals surface area (Å²) in [7, 11) is 1.66. The lowest BCUT2D eigenvalue weighted by atomic mass is 9.90. The molecular formula is C14H12BrNO2S. The van der Waals surface area contributed by atoms with Crippen LogP contribution >= 0.6 is 27.3 Å². The zero-order valence-corrected chi connectivity index (χ0v) is 12.7. The maximum atomic E-state index is 11.8. The molecule has 2 heterocycles. The molecule has 2 aromatic rings. The van der Waals surface area contributed by atoms with Crippen molar-refractivity contribution in [3.63, 3.8) is 0 Å². The lowest BCUT2D eigenvalue weighted by Crippen LogP contribution is -2.22. The number of rotatable bonds is 2. The summed E-state index contributed by atoms with van der Waals surface area (Å²) in [5.41, 5.74) is 1.98. The standard InChI is InChI=1S/C14H12BrNO2S/c1-18-12-3-2-8(15)6-9(12)10-7-13(17)16-11-4-5-19-14(10)11/h2-6,10H,7H2,1H3,(H,16,17)/t10-/m1/s1. The molecule has 1 N–H and O–H groups in total. The quantitative estimate of drug-likeness (QED) is 0.899. The smallest absolute Gasteiger partial charge is 0.225 e. The number of hydrogen-bond acceptors (Lipinski definition) is 3. The van der Waals surface area contributed by atoms with Gasteiger partial charge in [-0.05, 0) is 29.6 Å². The third-order valence-electron chi connectivity index (χ3n) is 3.24. The maximum Gasteiger partial charge on any atom is 0.225 e. The lowest BCUT2D eigenvalue weighted by Gasteiger charge is -2.24. The number of hydrogen-bond donors (Lipinski definition) is 1. The predicted molar refractivity (Wildman–Crippen MR) is 80.1 cm³/mol. The number of fused-ring (bicyclic) bond motifs is 1. The van der Waals surface area contributed by atoms with Gasteiger partial charge in [0.15, 0.2) is 0 Å². The van der Waals surface area contributed by atoms with Crippen molar-refractivity contribution in [2.45, 2.75) is 12.3 Å². The largest absolute Gasteiger partial charge is 0.496 e. The van der Waals surface area contributed by atoms with Gasteiger partial charge in [0.05, 0.1) is 12.8 Å². The number of benzene rings is 1. The Morgan fingerprint density at radius 3 is 3.05 bits per heavy atom. The van der Waals surface area contributed by atoms with Crippen molar-refractivity contribution in [1.82, 2.24) is 0 Å². The molecule has 1 amide bonds. The summed E-state index contributed by atoms with van der Waals surface area (Å²) in [6, 6.07) is 7.86. The zero-order chi connectivity index (χ0) is 13.4. The van der Waals surface area contributed by atoms with E-state index in [0.717, 1.165) is 21.5 Å². The van der Waals surface area contributed by atoms with Crippen molar-refractivity contribution >= 4 is 38.9 Å². The third kappa shape index (κ3) is 2.28. The number of anilines is 1. The molecule has 98 valence electrons. The molecule has 0 radical (unpaired) electrons. The van der Waals surface area contributed by atoms with Crippen LogP contribution in [0.2, 0.25) is 0 Å². The summed E-state index contributed by atoms with van der Waals surface area (Å²) < 4.78 is 6.43. The second-order valence-electron chi connectivity index (χ2n) is 4.39. The minimum atomic E-state index is 0.0536. The Kier molecular flexibility index (Phi) is 3.33. The van der Waals surface area contributed by atoms with E-state index in [9.17, 15) is 4.79 Å². The van der Waals surface area contributed by atoms with Crippen LogP contribution in [0.4, 0.5) is 5.69 Å². The average Bonchev–Trinajstić information content (AvgIpc) is 2.85. The molecule has 0 bridgehead atoms. The molecule has 3 nitrogen and oxygen atoms in total. The van der Waals surface area contributed by atoms with Gasteiger partial charge >= 0.3 is 0 Å². The Hall–Kier alpha value is -1.33. The van der Waals surface area contributed by atoms with E-state index < -0.39 is 0 Å². The molecule has 1 atom stereocenters. The highest BCUT2D eigenvalue weighted by molar-refractivity contribution is 9.10. The van der Waals surface area contributed by atoms with Crippen LogP contribution in [0.1, 0.15) is 22.8 Å². The average molecular weight is 338 g/mol. The van der Waals surface area contributed by atoms with Gasteiger partial charge in [0.25, 0.3) is 0 Å². The van der Waals surface area contributed by atoms with Crippen LogP contribution < -0.4 is 10.1 Å². The fourth-order valence-corrected chi connectivity index (χ4v) is 3.75. The van der Waals surface area contributed by atoms with Crippen LogP contribution in [0, 0.1) is 0 Å². The van der Waals surface area contributed by atoms with Gasteiger partial charge in [-0.3, -0.25) is 4.79 Å². The Labute approximate surface area is 123 Å². The van der Waals surface area contributed by atoms with E-state index in [-0.39, 0.29) is 11.8 Å². The topological polar surface area (TPSA) is 38.3 Å². The number of methoxy groups -OCH3 is 1. The summed E-state index contributed by atoms with van der Waals surface area (Å²) in [5, 5.41) is 4.92. The van der Waals surface area contributed by atoms with E-state index in [1.165, 1.54) is 4.88 Å². The molecule has 0 fully saturated rings. The third-order valence-corrected chi connectivity index (χ3v) is 4.77. The van der Waals surface area contributed by atoms with Crippen LogP contribution in [0.25, 0.3) is 0 Å². The molecule has 0 unspecified atom stereocenters.